The number of carbonyl (C=O) groups is 2. The molecule has 0 radical (unpaired) electrons. The second-order valence-corrected chi connectivity index (χ2v) is 6.67. The van der Waals surface area contributed by atoms with E-state index in [2.05, 4.69) is 0 Å². The zero-order chi connectivity index (χ0) is 17.4. The summed E-state index contributed by atoms with van der Waals surface area (Å²) in [5.41, 5.74) is 2.48. The Balaban J connectivity index is 1.89. The SMILES string of the molecule is Cc1ccc(N2C(=O)N(Cc3ccc(Cl)cc3Cl)C(=O)C2C)cc1. The summed E-state index contributed by atoms with van der Waals surface area (Å²) in [6.45, 7) is 3.82. The van der Waals surface area contributed by atoms with Gasteiger partial charge in [-0.05, 0) is 43.7 Å². The van der Waals surface area contributed by atoms with Gasteiger partial charge < -0.3 is 0 Å². The normalized spacial score (nSPS) is 17.8. The van der Waals surface area contributed by atoms with Crippen molar-refractivity contribution in [2.45, 2.75) is 26.4 Å². The predicted octanol–water partition coefficient (Wildman–Crippen LogP) is 4.66. The van der Waals surface area contributed by atoms with Gasteiger partial charge in [0.1, 0.15) is 6.04 Å². The van der Waals surface area contributed by atoms with Crippen LogP contribution in [0.2, 0.25) is 10.0 Å². The first-order valence-electron chi connectivity index (χ1n) is 7.53. The van der Waals surface area contributed by atoms with E-state index in [1.54, 1.807) is 25.1 Å². The summed E-state index contributed by atoms with van der Waals surface area (Å²) in [5, 5.41) is 0.946. The van der Waals surface area contributed by atoms with Crippen molar-refractivity contribution in [3.63, 3.8) is 0 Å². The Hall–Kier alpha value is -2.04. The molecule has 0 saturated carbocycles. The quantitative estimate of drug-likeness (QED) is 0.745. The van der Waals surface area contributed by atoms with E-state index < -0.39 is 6.04 Å². The molecule has 1 heterocycles. The molecule has 1 atom stereocenters. The monoisotopic (exact) mass is 362 g/mol. The van der Waals surface area contributed by atoms with Crippen LogP contribution in [0.4, 0.5) is 10.5 Å². The first-order chi connectivity index (χ1) is 11.4. The molecule has 24 heavy (non-hydrogen) atoms. The highest BCUT2D eigenvalue weighted by Crippen LogP contribution is 2.29. The summed E-state index contributed by atoms with van der Waals surface area (Å²) >= 11 is 12.1. The summed E-state index contributed by atoms with van der Waals surface area (Å²) in [4.78, 5) is 28.0. The van der Waals surface area contributed by atoms with Crippen LogP contribution < -0.4 is 4.90 Å². The number of imide groups is 1. The Morgan fingerprint density at radius 3 is 2.33 bits per heavy atom. The summed E-state index contributed by atoms with van der Waals surface area (Å²) in [7, 11) is 0. The van der Waals surface area contributed by atoms with Crippen LogP contribution in [0.3, 0.4) is 0 Å². The van der Waals surface area contributed by atoms with Gasteiger partial charge in [-0.2, -0.15) is 0 Å². The first-order valence-corrected chi connectivity index (χ1v) is 8.29. The standard InChI is InChI=1S/C18H16Cl2N2O2/c1-11-3-7-15(8-4-11)22-12(2)17(23)21(18(22)24)10-13-5-6-14(19)9-16(13)20/h3-9,12H,10H2,1-2H3. The Morgan fingerprint density at radius 2 is 1.71 bits per heavy atom. The minimum atomic E-state index is -0.550. The fourth-order valence-corrected chi connectivity index (χ4v) is 3.20. The molecule has 1 aliphatic heterocycles. The molecular weight excluding hydrogens is 347 g/mol. The third-order valence-corrected chi connectivity index (χ3v) is 4.69. The van der Waals surface area contributed by atoms with E-state index in [1.807, 2.05) is 31.2 Å². The molecule has 3 amide bonds. The topological polar surface area (TPSA) is 40.6 Å². The lowest BCUT2D eigenvalue weighted by atomic mass is 10.2. The minimum Gasteiger partial charge on any atom is -0.282 e. The fraction of sp³-hybridized carbons (Fsp3) is 0.222. The van der Waals surface area contributed by atoms with Gasteiger partial charge >= 0.3 is 6.03 Å². The van der Waals surface area contributed by atoms with Crippen LogP contribution in [0.15, 0.2) is 42.5 Å². The van der Waals surface area contributed by atoms with Crippen molar-refractivity contribution in [3.8, 4) is 0 Å². The molecule has 124 valence electrons. The third kappa shape index (κ3) is 2.99. The molecule has 1 unspecified atom stereocenters. The van der Waals surface area contributed by atoms with Crippen molar-refractivity contribution in [2.75, 3.05) is 4.90 Å². The summed E-state index contributed by atoms with van der Waals surface area (Å²) in [6.07, 6.45) is 0. The molecule has 1 fully saturated rings. The van der Waals surface area contributed by atoms with Gasteiger partial charge in [0.15, 0.2) is 0 Å². The van der Waals surface area contributed by atoms with E-state index in [0.717, 1.165) is 5.56 Å². The molecule has 0 N–H and O–H groups in total. The number of urea groups is 1. The number of rotatable bonds is 3. The van der Waals surface area contributed by atoms with Crippen LogP contribution >= 0.6 is 23.2 Å². The Labute approximate surface area is 150 Å². The lowest BCUT2D eigenvalue weighted by Crippen LogP contribution is -2.33. The van der Waals surface area contributed by atoms with E-state index in [1.165, 1.54) is 9.80 Å². The van der Waals surface area contributed by atoms with Gasteiger partial charge in [-0.25, -0.2) is 4.79 Å². The maximum atomic E-state index is 12.8. The van der Waals surface area contributed by atoms with Crippen LogP contribution in [0.1, 0.15) is 18.1 Å². The van der Waals surface area contributed by atoms with Gasteiger partial charge in [-0.1, -0.05) is 47.0 Å². The van der Waals surface area contributed by atoms with Crippen molar-refractivity contribution < 1.29 is 9.59 Å². The number of nitrogens with zero attached hydrogens (tertiary/aromatic N) is 2. The van der Waals surface area contributed by atoms with Crippen LogP contribution in [0, 0.1) is 6.92 Å². The molecule has 0 bridgehead atoms. The van der Waals surface area contributed by atoms with Crippen LogP contribution in [-0.2, 0) is 11.3 Å². The number of aryl methyl sites for hydroxylation is 1. The van der Waals surface area contributed by atoms with Gasteiger partial charge in [0.2, 0.25) is 0 Å². The third-order valence-electron chi connectivity index (χ3n) is 4.10. The second-order valence-electron chi connectivity index (χ2n) is 5.82. The summed E-state index contributed by atoms with van der Waals surface area (Å²) < 4.78 is 0. The van der Waals surface area contributed by atoms with Gasteiger partial charge in [0.25, 0.3) is 5.91 Å². The van der Waals surface area contributed by atoms with Crippen molar-refractivity contribution in [1.82, 2.24) is 4.90 Å². The molecule has 3 rings (SSSR count). The highest BCUT2D eigenvalue weighted by Gasteiger charge is 2.43. The number of hydrogen-bond acceptors (Lipinski definition) is 2. The molecule has 4 nitrogen and oxygen atoms in total. The van der Waals surface area contributed by atoms with Gasteiger partial charge in [0, 0.05) is 15.7 Å². The van der Waals surface area contributed by atoms with Crippen molar-refractivity contribution in [1.29, 1.82) is 0 Å². The lowest BCUT2D eigenvalue weighted by molar-refractivity contribution is -0.127. The Bertz CT molecular complexity index is 805. The van der Waals surface area contributed by atoms with Crippen LogP contribution in [0.5, 0.6) is 0 Å². The minimum absolute atomic E-state index is 0.125. The van der Waals surface area contributed by atoms with E-state index in [9.17, 15) is 9.59 Å². The molecule has 0 aliphatic carbocycles. The highest BCUT2D eigenvalue weighted by molar-refractivity contribution is 6.35. The first kappa shape index (κ1) is 16.8. The lowest BCUT2D eigenvalue weighted by Gasteiger charge is -2.19. The zero-order valence-electron chi connectivity index (χ0n) is 13.3. The fourth-order valence-electron chi connectivity index (χ4n) is 2.73. The van der Waals surface area contributed by atoms with E-state index in [0.29, 0.717) is 21.3 Å². The predicted molar refractivity (Wildman–Crippen MR) is 95.5 cm³/mol. The van der Waals surface area contributed by atoms with Gasteiger partial charge in [-0.15, -0.1) is 0 Å². The molecule has 1 aliphatic rings. The van der Waals surface area contributed by atoms with Crippen LogP contribution in [0.25, 0.3) is 0 Å². The number of anilines is 1. The van der Waals surface area contributed by atoms with Crippen LogP contribution in [-0.4, -0.2) is 22.9 Å². The Morgan fingerprint density at radius 1 is 1.04 bits per heavy atom. The molecule has 6 heteroatoms. The number of carbonyl (C=O) groups excluding carboxylic acids is 2. The van der Waals surface area contributed by atoms with Crippen molar-refractivity contribution in [3.05, 3.63) is 63.6 Å². The zero-order valence-corrected chi connectivity index (χ0v) is 14.8. The van der Waals surface area contributed by atoms with Gasteiger partial charge in [0.05, 0.1) is 6.54 Å². The molecule has 2 aromatic carbocycles. The van der Waals surface area contributed by atoms with Crippen molar-refractivity contribution >= 4 is 40.8 Å². The Kier molecular flexibility index (Phi) is 4.52. The van der Waals surface area contributed by atoms with Crippen molar-refractivity contribution in [2.24, 2.45) is 0 Å². The van der Waals surface area contributed by atoms with E-state index >= 15 is 0 Å². The second kappa shape index (κ2) is 6.46. The van der Waals surface area contributed by atoms with Gasteiger partial charge in [-0.3, -0.25) is 14.6 Å². The smallest absolute Gasteiger partial charge is 0.282 e. The highest BCUT2D eigenvalue weighted by atomic mass is 35.5. The molecule has 0 aromatic heterocycles. The molecular formula is C18H16Cl2N2O2. The maximum absolute atomic E-state index is 12.8. The average Bonchev–Trinajstić information content (AvgIpc) is 2.74. The summed E-state index contributed by atoms with van der Waals surface area (Å²) in [5.74, 6) is -0.244. The average molecular weight is 363 g/mol. The molecule has 1 saturated heterocycles. The number of benzene rings is 2. The number of halogens is 2. The molecule has 0 spiro atoms. The number of hydrogen-bond donors (Lipinski definition) is 0. The van der Waals surface area contributed by atoms with E-state index in [4.69, 9.17) is 23.2 Å². The number of amides is 3. The maximum Gasteiger partial charge on any atom is 0.332 e. The largest absolute Gasteiger partial charge is 0.332 e. The molecule has 2 aromatic rings. The summed E-state index contributed by atoms with van der Waals surface area (Å²) in [6, 6.07) is 11.6. The van der Waals surface area contributed by atoms with E-state index in [-0.39, 0.29) is 18.5 Å².